The van der Waals surface area contributed by atoms with Crippen molar-refractivity contribution in [2.24, 2.45) is 5.92 Å². The Morgan fingerprint density at radius 2 is 1.93 bits per heavy atom. The maximum absolute atomic E-state index is 12.6. The predicted octanol–water partition coefficient (Wildman–Crippen LogP) is 3.11. The van der Waals surface area contributed by atoms with Crippen LogP contribution in [0.2, 0.25) is 0 Å². The number of anilines is 1. The molecule has 148 valence electrons. The number of benzene rings is 1. The first-order valence-electron chi connectivity index (χ1n) is 9.84. The maximum Gasteiger partial charge on any atom is 0.226 e. The van der Waals surface area contributed by atoms with Gasteiger partial charge in [0.05, 0.1) is 7.11 Å². The van der Waals surface area contributed by atoms with Crippen LogP contribution < -0.4 is 14.4 Å². The number of hydrogen-bond acceptors (Lipinski definition) is 6. The van der Waals surface area contributed by atoms with E-state index in [1.165, 1.54) is 12.7 Å². The summed E-state index contributed by atoms with van der Waals surface area (Å²) in [4.78, 5) is 25.5. The van der Waals surface area contributed by atoms with Gasteiger partial charge in [0.1, 0.15) is 12.1 Å². The van der Waals surface area contributed by atoms with E-state index in [-0.39, 0.29) is 12.0 Å². The van der Waals surface area contributed by atoms with E-state index in [0.29, 0.717) is 23.3 Å². The van der Waals surface area contributed by atoms with Crippen LogP contribution in [0.15, 0.2) is 36.7 Å². The number of methoxy groups -OCH3 is 1. The first-order valence-corrected chi connectivity index (χ1v) is 9.84. The summed E-state index contributed by atoms with van der Waals surface area (Å²) in [7, 11) is 1.61. The smallest absolute Gasteiger partial charge is 0.226 e. The van der Waals surface area contributed by atoms with Gasteiger partial charge in [0.25, 0.3) is 0 Å². The molecule has 1 saturated carbocycles. The summed E-state index contributed by atoms with van der Waals surface area (Å²) in [5, 5.41) is 0. The highest BCUT2D eigenvalue weighted by molar-refractivity contribution is 5.80. The molecule has 1 aromatic heterocycles. The van der Waals surface area contributed by atoms with Crippen molar-refractivity contribution >= 4 is 11.7 Å². The van der Waals surface area contributed by atoms with Gasteiger partial charge in [-0.05, 0) is 31.9 Å². The Morgan fingerprint density at radius 3 is 2.61 bits per heavy atom. The molecule has 7 nitrogen and oxygen atoms in total. The summed E-state index contributed by atoms with van der Waals surface area (Å²) in [5.41, 5.74) is 0. The highest BCUT2D eigenvalue weighted by atomic mass is 16.5. The SMILES string of the molecule is COc1ccccc1Oc1cc(N2CCN(C(=O)C3CCC3)[C@H](C)C2)ncn1. The number of amides is 1. The number of carbonyl (C=O) groups is 1. The first kappa shape index (κ1) is 18.5. The van der Waals surface area contributed by atoms with Crippen molar-refractivity contribution in [2.75, 3.05) is 31.6 Å². The third-order valence-electron chi connectivity index (χ3n) is 5.60. The summed E-state index contributed by atoms with van der Waals surface area (Å²) < 4.78 is 11.2. The van der Waals surface area contributed by atoms with E-state index in [1.807, 2.05) is 35.2 Å². The lowest BCUT2D eigenvalue weighted by Crippen LogP contribution is -2.56. The van der Waals surface area contributed by atoms with Gasteiger partial charge < -0.3 is 19.3 Å². The van der Waals surface area contributed by atoms with Crippen molar-refractivity contribution in [1.82, 2.24) is 14.9 Å². The molecule has 1 atom stereocenters. The maximum atomic E-state index is 12.6. The van der Waals surface area contributed by atoms with Gasteiger partial charge in [0.15, 0.2) is 11.5 Å². The van der Waals surface area contributed by atoms with Crippen LogP contribution in [0.25, 0.3) is 0 Å². The fourth-order valence-electron chi connectivity index (χ4n) is 3.76. The molecule has 1 amide bonds. The topological polar surface area (TPSA) is 67.8 Å². The Hall–Kier alpha value is -2.83. The van der Waals surface area contributed by atoms with Gasteiger partial charge in [-0.2, -0.15) is 0 Å². The summed E-state index contributed by atoms with van der Waals surface area (Å²) in [6.07, 6.45) is 4.78. The number of rotatable bonds is 5. The Bertz CT molecular complexity index is 840. The average Bonchev–Trinajstić information content (AvgIpc) is 2.67. The monoisotopic (exact) mass is 382 g/mol. The van der Waals surface area contributed by atoms with E-state index < -0.39 is 0 Å². The summed E-state index contributed by atoms with van der Waals surface area (Å²) in [6, 6.07) is 9.46. The second-order valence-corrected chi connectivity index (χ2v) is 7.42. The van der Waals surface area contributed by atoms with Crippen molar-refractivity contribution in [3.8, 4) is 17.4 Å². The Morgan fingerprint density at radius 1 is 1.14 bits per heavy atom. The fourth-order valence-corrected chi connectivity index (χ4v) is 3.76. The molecule has 0 N–H and O–H groups in total. The van der Waals surface area contributed by atoms with E-state index in [4.69, 9.17) is 9.47 Å². The van der Waals surface area contributed by atoms with Crippen LogP contribution in [-0.4, -0.2) is 53.6 Å². The van der Waals surface area contributed by atoms with Crippen molar-refractivity contribution in [3.05, 3.63) is 36.7 Å². The van der Waals surface area contributed by atoms with Crippen LogP contribution in [0.1, 0.15) is 26.2 Å². The van der Waals surface area contributed by atoms with E-state index in [9.17, 15) is 4.79 Å². The molecule has 28 heavy (non-hydrogen) atoms. The average molecular weight is 382 g/mol. The Balaban J connectivity index is 1.44. The van der Waals surface area contributed by atoms with Crippen molar-refractivity contribution in [2.45, 2.75) is 32.2 Å². The molecule has 1 aromatic carbocycles. The second-order valence-electron chi connectivity index (χ2n) is 7.42. The van der Waals surface area contributed by atoms with Crippen molar-refractivity contribution < 1.29 is 14.3 Å². The summed E-state index contributed by atoms with van der Waals surface area (Å²) in [5.74, 6) is 3.10. The van der Waals surface area contributed by atoms with E-state index in [2.05, 4.69) is 21.8 Å². The third kappa shape index (κ3) is 3.74. The molecule has 4 rings (SSSR count). The number of para-hydroxylation sites is 2. The zero-order valence-electron chi connectivity index (χ0n) is 16.4. The number of carbonyl (C=O) groups excluding carboxylic acids is 1. The molecule has 2 fully saturated rings. The first-order chi connectivity index (χ1) is 13.7. The lowest BCUT2D eigenvalue weighted by molar-refractivity contribution is -0.140. The quantitative estimate of drug-likeness (QED) is 0.792. The standard InChI is InChI=1S/C21H26N4O3/c1-15-13-24(10-11-25(15)21(26)16-6-5-7-16)19-12-20(23-14-22-19)28-18-9-4-3-8-17(18)27-2/h3-4,8-9,12,14-16H,5-7,10-11,13H2,1-2H3/t15-/m1/s1. The minimum atomic E-state index is 0.162. The number of nitrogens with zero attached hydrogens (tertiary/aromatic N) is 4. The molecular weight excluding hydrogens is 356 g/mol. The third-order valence-corrected chi connectivity index (χ3v) is 5.60. The van der Waals surface area contributed by atoms with E-state index in [1.54, 1.807) is 7.11 Å². The van der Waals surface area contributed by atoms with E-state index >= 15 is 0 Å². The van der Waals surface area contributed by atoms with Crippen LogP contribution in [0.3, 0.4) is 0 Å². The van der Waals surface area contributed by atoms with Gasteiger partial charge in [-0.3, -0.25) is 4.79 Å². The highest BCUT2D eigenvalue weighted by Gasteiger charge is 2.34. The van der Waals surface area contributed by atoms with Gasteiger partial charge in [-0.1, -0.05) is 18.6 Å². The normalized spacial score (nSPS) is 19.9. The molecule has 2 heterocycles. The lowest BCUT2D eigenvalue weighted by atomic mass is 9.84. The molecular formula is C21H26N4O3. The predicted molar refractivity (Wildman–Crippen MR) is 106 cm³/mol. The van der Waals surface area contributed by atoms with Gasteiger partial charge in [-0.15, -0.1) is 0 Å². The molecule has 2 aliphatic rings. The highest BCUT2D eigenvalue weighted by Crippen LogP contribution is 2.32. The summed E-state index contributed by atoms with van der Waals surface area (Å²) in [6.45, 7) is 4.34. The van der Waals surface area contributed by atoms with Crippen molar-refractivity contribution in [1.29, 1.82) is 0 Å². The van der Waals surface area contributed by atoms with Gasteiger partial charge >= 0.3 is 0 Å². The Labute approximate surface area is 165 Å². The molecule has 2 aromatic rings. The van der Waals surface area contributed by atoms with Crippen LogP contribution in [0.5, 0.6) is 17.4 Å². The molecule has 0 spiro atoms. The minimum Gasteiger partial charge on any atom is -0.493 e. The molecule has 7 heteroatoms. The number of hydrogen-bond donors (Lipinski definition) is 0. The number of ether oxygens (including phenoxy) is 2. The van der Waals surface area contributed by atoms with Crippen LogP contribution in [-0.2, 0) is 4.79 Å². The molecule has 0 bridgehead atoms. The molecule has 0 unspecified atom stereocenters. The van der Waals surface area contributed by atoms with Crippen molar-refractivity contribution in [3.63, 3.8) is 0 Å². The van der Waals surface area contributed by atoms with Gasteiger partial charge in [-0.25, -0.2) is 9.97 Å². The zero-order chi connectivity index (χ0) is 19.5. The Kier molecular flexibility index (Phi) is 5.32. The zero-order valence-corrected chi connectivity index (χ0v) is 16.4. The molecule has 1 saturated heterocycles. The van der Waals surface area contributed by atoms with Crippen LogP contribution in [0.4, 0.5) is 5.82 Å². The van der Waals surface area contributed by atoms with E-state index in [0.717, 1.165) is 38.3 Å². The van der Waals surface area contributed by atoms with Gasteiger partial charge in [0, 0.05) is 37.7 Å². The largest absolute Gasteiger partial charge is 0.493 e. The van der Waals surface area contributed by atoms with Crippen LogP contribution >= 0.6 is 0 Å². The minimum absolute atomic E-state index is 0.162. The second kappa shape index (κ2) is 8.04. The molecule has 1 aliphatic heterocycles. The molecule has 0 radical (unpaired) electrons. The molecule has 1 aliphatic carbocycles. The summed E-state index contributed by atoms with van der Waals surface area (Å²) >= 11 is 0. The van der Waals surface area contributed by atoms with Crippen LogP contribution in [0, 0.1) is 5.92 Å². The lowest BCUT2D eigenvalue weighted by Gasteiger charge is -2.43. The fraction of sp³-hybridized carbons (Fsp3) is 0.476. The number of piperazine rings is 1. The van der Waals surface area contributed by atoms with Gasteiger partial charge in [0.2, 0.25) is 11.8 Å². The number of aromatic nitrogens is 2.